The first kappa shape index (κ1) is 21.3. The summed E-state index contributed by atoms with van der Waals surface area (Å²) in [6.07, 6.45) is 5.19. The number of likely N-dealkylation sites (tertiary alicyclic amines) is 1. The van der Waals surface area contributed by atoms with Gasteiger partial charge in [0.2, 0.25) is 22.1 Å². The number of anilines is 2. The van der Waals surface area contributed by atoms with E-state index in [1.807, 2.05) is 6.07 Å². The van der Waals surface area contributed by atoms with Crippen molar-refractivity contribution in [1.82, 2.24) is 20.4 Å². The highest BCUT2D eigenvalue weighted by molar-refractivity contribution is 7.19. The molecule has 0 spiro atoms. The molecule has 8 nitrogen and oxygen atoms in total. The zero-order valence-electron chi connectivity index (χ0n) is 18.3. The van der Waals surface area contributed by atoms with Crippen molar-refractivity contribution < 1.29 is 9.59 Å². The molecular formula is C23H30N6O2S. The molecule has 1 atom stereocenters. The molecule has 4 heterocycles. The number of benzene rings is 1. The Labute approximate surface area is 192 Å². The first-order valence-corrected chi connectivity index (χ1v) is 12.5. The fraction of sp³-hybridized carbons (Fsp3) is 0.565. The second kappa shape index (κ2) is 9.54. The van der Waals surface area contributed by atoms with Gasteiger partial charge < -0.3 is 10.2 Å². The second-order valence-corrected chi connectivity index (χ2v) is 9.85. The Hall–Kier alpha value is -2.52. The minimum Gasteiger partial charge on any atom is -0.351 e. The Bertz CT molecular complexity index is 943. The van der Waals surface area contributed by atoms with E-state index in [-0.39, 0.29) is 23.9 Å². The molecule has 1 aromatic carbocycles. The topological polar surface area (TPSA) is 81.7 Å². The van der Waals surface area contributed by atoms with Crippen LogP contribution in [0, 0.1) is 0 Å². The van der Waals surface area contributed by atoms with Crippen molar-refractivity contribution in [3.63, 3.8) is 0 Å². The summed E-state index contributed by atoms with van der Waals surface area (Å²) in [5.74, 6) is 0.208. The lowest BCUT2D eigenvalue weighted by Crippen LogP contribution is -2.50. The molecule has 0 bridgehead atoms. The maximum Gasteiger partial charge on any atom is 0.243 e. The van der Waals surface area contributed by atoms with Crippen LogP contribution >= 0.6 is 11.3 Å². The molecule has 170 valence electrons. The molecule has 3 fully saturated rings. The fourth-order valence-corrected chi connectivity index (χ4v) is 5.89. The van der Waals surface area contributed by atoms with Crippen LogP contribution in [-0.2, 0) is 16.1 Å². The lowest BCUT2D eigenvalue weighted by atomic mass is 10.0. The summed E-state index contributed by atoms with van der Waals surface area (Å²) in [7, 11) is 0. The zero-order chi connectivity index (χ0) is 21.9. The number of carbonyl (C=O) groups is 2. The maximum atomic E-state index is 13.1. The predicted octanol–water partition coefficient (Wildman–Crippen LogP) is 2.41. The minimum absolute atomic E-state index is 0.0954. The van der Waals surface area contributed by atoms with Crippen molar-refractivity contribution in [3.8, 4) is 0 Å². The number of amides is 2. The molecule has 0 aliphatic carbocycles. The smallest absolute Gasteiger partial charge is 0.243 e. The minimum atomic E-state index is -0.201. The van der Waals surface area contributed by atoms with Gasteiger partial charge >= 0.3 is 0 Å². The highest BCUT2D eigenvalue weighted by Crippen LogP contribution is 2.33. The molecule has 0 saturated carbocycles. The third kappa shape index (κ3) is 4.63. The third-order valence-corrected chi connectivity index (χ3v) is 7.68. The molecular weight excluding hydrogens is 424 g/mol. The van der Waals surface area contributed by atoms with E-state index in [1.165, 1.54) is 16.9 Å². The van der Waals surface area contributed by atoms with E-state index in [9.17, 15) is 9.59 Å². The Morgan fingerprint density at radius 3 is 2.53 bits per heavy atom. The average molecular weight is 455 g/mol. The Morgan fingerprint density at radius 1 is 1.00 bits per heavy atom. The number of nitrogens with one attached hydrogen (secondary N) is 1. The lowest BCUT2D eigenvalue weighted by Gasteiger charge is -2.33. The average Bonchev–Trinajstić information content (AvgIpc) is 3.56. The summed E-state index contributed by atoms with van der Waals surface area (Å²) in [5.41, 5.74) is 1.34. The molecule has 9 heteroatoms. The van der Waals surface area contributed by atoms with Gasteiger partial charge in [-0.3, -0.25) is 19.4 Å². The van der Waals surface area contributed by atoms with Crippen LogP contribution in [0.3, 0.4) is 0 Å². The Kier molecular flexibility index (Phi) is 6.36. The van der Waals surface area contributed by atoms with Crippen LogP contribution < -0.4 is 15.1 Å². The van der Waals surface area contributed by atoms with Gasteiger partial charge in [0.1, 0.15) is 6.04 Å². The van der Waals surface area contributed by atoms with Crippen LogP contribution in [0.15, 0.2) is 30.3 Å². The first-order valence-electron chi connectivity index (χ1n) is 11.6. The highest BCUT2D eigenvalue weighted by Gasteiger charge is 2.35. The number of aromatic nitrogens is 2. The molecule has 0 radical (unpaired) electrons. The monoisotopic (exact) mass is 454 g/mol. The molecule has 1 aromatic heterocycles. The zero-order valence-corrected chi connectivity index (χ0v) is 19.1. The predicted molar refractivity (Wildman–Crippen MR) is 125 cm³/mol. The number of hydrogen-bond donors (Lipinski definition) is 1. The molecule has 1 N–H and O–H groups in total. The van der Waals surface area contributed by atoms with E-state index >= 15 is 0 Å². The molecule has 3 aliphatic rings. The van der Waals surface area contributed by atoms with Crippen LogP contribution in [0.25, 0.3) is 0 Å². The van der Waals surface area contributed by atoms with Crippen molar-refractivity contribution in [2.75, 3.05) is 36.0 Å². The maximum absolute atomic E-state index is 13.1. The van der Waals surface area contributed by atoms with Gasteiger partial charge in [0.05, 0.1) is 0 Å². The van der Waals surface area contributed by atoms with Crippen molar-refractivity contribution in [2.24, 2.45) is 0 Å². The number of piperidine rings is 1. The second-order valence-electron chi connectivity index (χ2n) is 8.91. The molecule has 3 aliphatic heterocycles. The van der Waals surface area contributed by atoms with Crippen LogP contribution in [0.5, 0.6) is 0 Å². The van der Waals surface area contributed by atoms with Crippen LogP contribution in [0.4, 0.5) is 10.3 Å². The van der Waals surface area contributed by atoms with E-state index in [4.69, 9.17) is 0 Å². The van der Waals surface area contributed by atoms with Gasteiger partial charge in [0, 0.05) is 45.2 Å². The quantitative estimate of drug-likeness (QED) is 0.722. The van der Waals surface area contributed by atoms with Gasteiger partial charge in [-0.15, -0.1) is 10.2 Å². The molecule has 2 aromatic rings. The number of hydrogen-bond acceptors (Lipinski definition) is 7. The van der Waals surface area contributed by atoms with Crippen molar-refractivity contribution in [1.29, 1.82) is 0 Å². The summed E-state index contributed by atoms with van der Waals surface area (Å²) >= 11 is 1.42. The van der Waals surface area contributed by atoms with Crippen molar-refractivity contribution >= 4 is 33.4 Å². The van der Waals surface area contributed by atoms with E-state index in [0.717, 1.165) is 63.4 Å². The van der Waals surface area contributed by atoms with Crippen LogP contribution in [0.1, 0.15) is 44.1 Å². The Morgan fingerprint density at radius 2 is 1.78 bits per heavy atom. The molecule has 0 unspecified atom stereocenters. The van der Waals surface area contributed by atoms with E-state index in [0.29, 0.717) is 18.1 Å². The van der Waals surface area contributed by atoms with Crippen LogP contribution in [-0.4, -0.2) is 65.2 Å². The fourth-order valence-electron chi connectivity index (χ4n) is 4.93. The summed E-state index contributed by atoms with van der Waals surface area (Å²) in [4.78, 5) is 31.4. The number of carbonyl (C=O) groups excluding carboxylic acids is 2. The molecule has 2 amide bonds. The van der Waals surface area contributed by atoms with Gasteiger partial charge in [-0.2, -0.15) is 0 Å². The van der Waals surface area contributed by atoms with E-state index in [2.05, 4.69) is 49.6 Å². The van der Waals surface area contributed by atoms with E-state index < -0.39 is 0 Å². The van der Waals surface area contributed by atoms with Gasteiger partial charge in [0.25, 0.3) is 0 Å². The van der Waals surface area contributed by atoms with Crippen LogP contribution in [0.2, 0.25) is 0 Å². The van der Waals surface area contributed by atoms with Gasteiger partial charge in [-0.25, -0.2) is 0 Å². The normalized spacial score (nSPS) is 22.6. The largest absolute Gasteiger partial charge is 0.351 e. The van der Waals surface area contributed by atoms with Crippen molar-refractivity contribution in [2.45, 2.75) is 57.2 Å². The first-order chi connectivity index (χ1) is 15.7. The summed E-state index contributed by atoms with van der Waals surface area (Å²) in [6.45, 7) is 4.48. The highest BCUT2D eigenvalue weighted by atomic mass is 32.1. The third-order valence-electron chi connectivity index (χ3n) is 6.69. The lowest BCUT2D eigenvalue weighted by molar-refractivity contribution is -0.123. The summed E-state index contributed by atoms with van der Waals surface area (Å²) in [5, 5.41) is 13.3. The molecule has 3 saturated heterocycles. The number of nitrogens with zero attached hydrogens (tertiary/aromatic N) is 5. The van der Waals surface area contributed by atoms with Gasteiger partial charge in [-0.1, -0.05) is 41.7 Å². The molecule has 32 heavy (non-hydrogen) atoms. The van der Waals surface area contributed by atoms with Gasteiger partial charge in [-0.05, 0) is 37.7 Å². The van der Waals surface area contributed by atoms with E-state index in [1.54, 1.807) is 4.90 Å². The molecule has 5 rings (SSSR count). The van der Waals surface area contributed by atoms with Gasteiger partial charge in [0.15, 0.2) is 0 Å². The summed E-state index contributed by atoms with van der Waals surface area (Å²) in [6, 6.07) is 10.6. The SMILES string of the molecule is O=C(NC1CCN(Cc2ccccc2)CC1)[C@H]1CCCN1c1nnc(N2CCCC2=O)s1. The Balaban J connectivity index is 1.14. The summed E-state index contributed by atoms with van der Waals surface area (Å²) < 4.78 is 0. The standard InChI is InChI=1S/C23H30N6O2S/c30-20-9-5-13-29(20)23-26-25-22(32-23)28-12-4-8-19(28)21(31)24-18-10-14-27(15-11-18)16-17-6-2-1-3-7-17/h1-3,6-7,18-19H,4-5,8-16H2,(H,24,31)/t19-/m1/s1. The van der Waals surface area contributed by atoms with Crippen molar-refractivity contribution in [3.05, 3.63) is 35.9 Å². The number of rotatable bonds is 6.